The van der Waals surface area contributed by atoms with Gasteiger partial charge in [-0.15, -0.1) is 0 Å². The Balaban J connectivity index is 0.000000145. The van der Waals surface area contributed by atoms with Crippen LogP contribution in [0.15, 0.2) is 146 Å². The van der Waals surface area contributed by atoms with Gasteiger partial charge in [0.15, 0.2) is 0 Å². The van der Waals surface area contributed by atoms with Crippen LogP contribution in [0.1, 0.15) is 181 Å². The zero-order chi connectivity index (χ0) is 105. The van der Waals surface area contributed by atoms with Crippen LogP contribution >= 0.6 is 69.6 Å². The smallest absolute Gasteiger partial charge is 0.336 e. The molecule has 3 N–H and O–H groups in total. The van der Waals surface area contributed by atoms with Gasteiger partial charge in [0, 0.05) is 201 Å². The maximum atomic E-state index is 15.0. The molecule has 0 radical (unpaired) electrons. The van der Waals surface area contributed by atoms with Crippen LogP contribution in [0, 0.1) is 83.1 Å². The molecule has 760 valence electrons. The molecule has 0 saturated heterocycles. The number of hydrogen-bond donors (Lipinski definition) is 3. The summed E-state index contributed by atoms with van der Waals surface area (Å²) in [6.07, 6.45) is 9.40. The number of fused-ring (bicyclic) bond motifs is 11. The van der Waals surface area contributed by atoms with Crippen LogP contribution < -0.4 is 28.9 Å². The van der Waals surface area contributed by atoms with E-state index < -0.39 is 17.9 Å². The number of aliphatic carboxylic acids is 1. The lowest BCUT2D eigenvalue weighted by Gasteiger charge is -2.22. The minimum absolute atomic E-state index is 0.0689. The molecule has 32 heteroatoms. The molecule has 3 amide bonds. The molecule has 3 aliphatic rings. The summed E-state index contributed by atoms with van der Waals surface area (Å²) in [5.41, 5.74) is 28.8. The SMILES string of the molecule is Cc1cc(OCCCc2c3n(c4c(-c5c(C)nn(C)c5C)c(Cl)ccc24)CCCN(c2cc(C(=O)O)c4ccn(C)c4c2)C3=O)cc(C)c1Cl.Cc1cc(OCCCc2c3n(c4c(-c5c(C)nn(C)c5C)c(Cl)ccc24)CCCN(c2ccc(CC(=O)O)cc2)C3=O)cc(C)c1Cl.Cc1cc(OCCCc2c3n(c4c(-c5c(C)nn(C)c5C)cc(Cl)cc24)CCCN(c2cc(C(=O)O)c4ccn(C)c4c2)C3=O)cc(C)c1Cl. The van der Waals surface area contributed by atoms with E-state index >= 15 is 0 Å². The van der Waals surface area contributed by atoms with E-state index in [0.717, 1.165) is 206 Å². The molecule has 0 spiro atoms. The predicted octanol–water partition coefficient (Wildman–Crippen LogP) is 25.9. The summed E-state index contributed by atoms with van der Waals surface area (Å²) >= 11 is 40.1. The Labute approximate surface area is 881 Å². The summed E-state index contributed by atoms with van der Waals surface area (Å²) in [6.45, 7) is 28.4. The Morgan fingerprint density at radius 3 is 1.04 bits per heavy atom. The number of benzene rings is 9. The topological polar surface area (TPSA) is 279 Å². The molecular formula is C115H116Cl6N14O12. The van der Waals surface area contributed by atoms with Crippen LogP contribution in [0.2, 0.25) is 30.1 Å². The van der Waals surface area contributed by atoms with Gasteiger partial charge in [-0.2, -0.15) is 15.3 Å². The molecule has 17 aromatic rings. The van der Waals surface area contributed by atoms with Crippen LogP contribution in [0.3, 0.4) is 0 Å². The number of hydrogen-bond acceptors (Lipinski definition) is 12. The van der Waals surface area contributed by atoms with Gasteiger partial charge in [-0.05, 0) is 306 Å². The summed E-state index contributed by atoms with van der Waals surface area (Å²) in [7, 11) is 9.53. The predicted molar refractivity (Wildman–Crippen MR) is 587 cm³/mol. The molecular weight excluding hydrogens is 1980 g/mol. The number of aromatic carboxylic acids is 2. The molecule has 0 atom stereocenters. The average Bonchev–Trinajstić information content (AvgIpc) is 1.57. The number of amides is 3. The third-order valence-electron chi connectivity index (χ3n) is 29.1. The van der Waals surface area contributed by atoms with Crippen molar-refractivity contribution in [2.75, 3.05) is 54.2 Å². The number of carbonyl (C=O) groups is 6. The maximum absolute atomic E-state index is 15.0. The largest absolute Gasteiger partial charge is 0.494 e. The quantitative estimate of drug-likeness (QED) is 0.0449. The molecule has 20 rings (SSSR count). The Bertz CT molecular complexity index is 8080. The molecule has 0 unspecified atom stereocenters. The van der Waals surface area contributed by atoms with Crippen molar-refractivity contribution in [3.05, 3.63) is 294 Å². The van der Waals surface area contributed by atoms with Gasteiger partial charge in [-0.3, -0.25) is 33.2 Å². The highest BCUT2D eigenvalue weighted by molar-refractivity contribution is 6.37. The van der Waals surface area contributed by atoms with Crippen LogP contribution in [0.5, 0.6) is 17.2 Å². The van der Waals surface area contributed by atoms with Gasteiger partial charge in [-0.25, -0.2) is 9.59 Å². The standard InChI is InChI=1S/2C39H39Cl2N5O4.C37H38Cl2N4O4/c1-21-17-26(18-22(2)35(21)41)50-16-7-9-28-29-10-11-31(40)34(33-23(3)42-44(6)24(33)4)36(29)46-14-8-13-45(38(47)37(28)46)25-19-30(39(48)49)27-12-15-43(5)32(27)20-25;1-21-15-27(16-22(2)35(21)41)50-14-7-9-29-30-17-25(40)18-32(34-23(3)42-44(6)24(34)4)36(30)46-12-8-11-45(38(47)37(29)46)26-19-31(39(48)49)28-10-13-43(5)33(28)20-26;1-21-18-27(19-22(2)34(21)39)47-17-6-8-28-29-13-14-30(38)33(32-23(3)40-41(5)24(32)4)35(29)43-16-7-15-42(37(46)36(28)43)26-11-9-25(10-12-26)20-31(44)45/h10-12,15,17-20H,7-9,13-14,16H2,1-6H3,(H,48,49);10,13,15-20H,7-9,11-12,14H2,1-6H3,(H,48,49);9-14,18-19H,6-8,15-17,20H2,1-5H3,(H,44,45). The van der Waals surface area contributed by atoms with E-state index in [9.17, 15) is 44.1 Å². The summed E-state index contributed by atoms with van der Waals surface area (Å²) < 4.78 is 34.4. The number of carboxylic acids is 3. The minimum atomic E-state index is -1.03. The van der Waals surface area contributed by atoms with Crippen molar-refractivity contribution < 1.29 is 58.3 Å². The van der Waals surface area contributed by atoms with Crippen molar-refractivity contribution in [2.24, 2.45) is 35.2 Å². The number of carbonyl (C=O) groups excluding carboxylic acids is 3. The molecule has 11 heterocycles. The highest BCUT2D eigenvalue weighted by Gasteiger charge is 2.39. The highest BCUT2D eigenvalue weighted by Crippen LogP contribution is 2.49. The van der Waals surface area contributed by atoms with E-state index in [2.05, 4.69) is 18.8 Å². The first-order valence-electron chi connectivity index (χ1n) is 49.3. The second-order valence-electron chi connectivity index (χ2n) is 38.9. The molecule has 9 aromatic carbocycles. The van der Waals surface area contributed by atoms with Gasteiger partial charge in [0.05, 0.1) is 92.1 Å². The summed E-state index contributed by atoms with van der Waals surface area (Å²) in [6, 6.07) is 41.4. The number of rotatable bonds is 25. The number of halogens is 6. The fourth-order valence-corrected chi connectivity index (χ4v) is 23.0. The second kappa shape index (κ2) is 41.9. The number of ether oxygens (including phenoxy) is 3. The molecule has 8 aromatic heterocycles. The van der Waals surface area contributed by atoms with Crippen LogP contribution in [0.25, 0.3) is 87.9 Å². The van der Waals surface area contributed by atoms with Crippen LogP contribution in [-0.2, 0) is 85.4 Å². The second-order valence-corrected chi connectivity index (χ2v) is 41.3. The number of nitrogens with zero attached hydrogens (tertiary/aromatic N) is 14. The van der Waals surface area contributed by atoms with Crippen molar-refractivity contribution in [1.82, 2.24) is 52.2 Å². The monoisotopic (exact) mass is 2090 g/mol. The van der Waals surface area contributed by atoms with Crippen molar-refractivity contribution in [2.45, 2.75) is 167 Å². The molecule has 26 nitrogen and oxygen atoms in total. The highest BCUT2D eigenvalue weighted by atomic mass is 35.5. The fourth-order valence-electron chi connectivity index (χ4n) is 22.0. The summed E-state index contributed by atoms with van der Waals surface area (Å²) in [5, 5.41) is 51.7. The zero-order valence-corrected chi connectivity index (χ0v) is 89.9. The first-order valence-corrected chi connectivity index (χ1v) is 51.6. The van der Waals surface area contributed by atoms with Crippen molar-refractivity contribution >= 4 is 177 Å². The third kappa shape index (κ3) is 19.5. The molecule has 0 fully saturated rings. The summed E-state index contributed by atoms with van der Waals surface area (Å²) in [4.78, 5) is 85.9. The molecule has 3 aliphatic heterocycles. The first-order chi connectivity index (χ1) is 70.2. The first kappa shape index (κ1) is 103. The van der Waals surface area contributed by atoms with Gasteiger partial charge in [0.1, 0.15) is 34.3 Å². The molecule has 147 heavy (non-hydrogen) atoms. The van der Waals surface area contributed by atoms with Crippen molar-refractivity contribution in [3.8, 4) is 50.6 Å². The maximum Gasteiger partial charge on any atom is 0.336 e. The summed E-state index contributed by atoms with van der Waals surface area (Å²) in [5.74, 6) is -1.12. The van der Waals surface area contributed by atoms with Gasteiger partial charge in [-0.1, -0.05) is 93.9 Å². The van der Waals surface area contributed by atoms with Gasteiger partial charge >= 0.3 is 17.9 Å². The number of anilines is 3. The Morgan fingerprint density at radius 1 is 0.361 bits per heavy atom. The lowest BCUT2D eigenvalue weighted by atomic mass is 9.98. The lowest BCUT2D eigenvalue weighted by Crippen LogP contribution is -2.32. The van der Waals surface area contributed by atoms with Crippen molar-refractivity contribution in [3.63, 3.8) is 0 Å². The molecule has 0 bridgehead atoms. The van der Waals surface area contributed by atoms with Crippen LogP contribution in [0.4, 0.5) is 17.1 Å². The zero-order valence-electron chi connectivity index (χ0n) is 85.3. The van der Waals surface area contributed by atoms with E-state index in [-0.39, 0.29) is 35.3 Å². The average molecular weight is 2100 g/mol. The van der Waals surface area contributed by atoms with E-state index in [1.165, 1.54) is 0 Å². The van der Waals surface area contributed by atoms with E-state index in [1.54, 1.807) is 46.2 Å². The van der Waals surface area contributed by atoms with E-state index in [1.807, 2.05) is 256 Å². The van der Waals surface area contributed by atoms with Gasteiger partial charge in [0.2, 0.25) is 0 Å². The molecule has 0 aliphatic carbocycles. The van der Waals surface area contributed by atoms with Crippen LogP contribution in [-0.4, -0.2) is 143 Å². The Morgan fingerprint density at radius 2 is 0.701 bits per heavy atom. The third-order valence-corrected chi connectivity index (χ3v) is 31.8. The van der Waals surface area contributed by atoms with E-state index in [4.69, 9.17) is 94.0 Å². The normalized spacial score (nSPS) is 13.3. The Hall–Kier alpha value is -13.7. The lowest BCUT2D eigenvalue weighted by molar-refractivity contribution is -0.136. The minimum Gasteiger partial charge on any atom is -0.494 e. The number of aryl methyl sites for hydroxylation is 20. The fraction of sp³-hybridized carbons (Fsp3) is 0.313. The van der Waals surface area contributed by atoms with Gasteiger partial charge < -0.3 is 67.1 Å². The number of carboxylic acid groups (broad SMARTS) is 3. The van der Waals surface area contributed by atoms with E-state index in [0.29, 0.717) is 170 Å². The van der Waals surface area contributed by atoms with Gasteiger partial charge in [0.25, 0.3) is 17.7 Å². The molecule has 0 saturated carbocycles. The Kier molecular flexibility index (Phi) is 29.4. The number of aromatic nitrogens is 11. The van der Waals surface area contributed by atoms with Crippen molar-refractivity contribution in [1.29, 1.82) is 0 Å².